The summed E-state index contributed by atoms with van der Waals surface area (Å²) in [5, 5.41) is 2.73. The highest BCUT2D eigenvalue weighted by Crippen LogP contribution is 2.17. The maximum Gasteiger partial charge on any atom is 0.298 e. The number of hydrogen-bond acceptors (Lipinski definition) is 4. The Morgan fingerprint density at radius 3 is 2.00 bits per heavy atom. The molecule has 0 rings (SSSR count). The molecule has 0 aromatic heterocycles. The smallest absolute Gasteiger partial charge is 0.298 e. The van der Waals surface area contributed by atoms with E-state index in [-0.39, 0.29) is 35.9 Å². The molecule has 0 radical (unpaired) electrons. The summed E-state index contributed by atoms with van der Waals surface area (Å²) in [6, 6.07) is 0. The molecule has 0 aromatic carbocycles. The Morgan fingerprint density at radius 2 is 1.63 bits per heavy atom. The van der Waals surface area contributed by atoms with Crippen LogP contribution in [0.2, 0.25) is 0 Å². The van der Waals surface area contributed by atoms with Crippen LogP contribution >= 0.6 is 0 Å². The van der Waals surface area contributed by atoms with Gasteiger partial charge in [-0.3, -0.25) is 14.4 Å². The molecule has 0 aliphatic rings. The van der Waals surface area contributed by atoms with Crippen LogP contribution in [0.15, 0.2) is 11.8 Å². The van der Waals surface area contributed by atoms with Gasteiger partial charge in [-0.1, -0.05) is 20.8 Å². The van der Waals surface area contributed by atoms with Crippen molar-refractivity contribution in [2.45, 2.75) is 53.5 Å². The first-order chi connectivity index (χ1) is 8.45. The third-order valence-corrected chi connectivity index (χ3v) is 2.08. The Kier molecular flexibility index (Phi) is 5.93. The van der Waals surface area contributed by atoms with Gasteiger partial charge in [-0.25, -0.2) is 0 Å². The van der Waals surface area contributed by atoms with E-state index in [0.717, 1.165) is 0 Å². The van der Waals surface area contributed by atoms with E-state index in [1.807, 2.05) is 20.8 Å². The summed E-state index contributed by atoms with van der Waals surface area (Å²) in [4.78, 5) is 33.9. The molecule has 0 saturated carbocycles. The quantitative estimate of drug-likeness (QED) is 0.470. The molecule has 0 unspecified atom stereocenters. The predicted molar refractivity (Wildman–Crippen MR) is 72.2 cm³/mol. The molecule has 0 aliphatic heterocycles. The molecule has 108 valence electrons. The molecule has 5 heteroatoms. The van der Waals surface area contributed by atoms with Gasteiger partial charge in [0.1, 0.15) is 5.76 Å². The highest BCUT2D eigenvalue weighted by atomic mass is 16.5. The summed E-state index contributed by atoms with van der Waals surface area (Å²) < 4.78 is 4.69. The number of ketones is 1. The highest BCUT2D eigenvalue weighted by Gasteiger charge is 2.22. The van der Waals surface area contributed by atoms with Crippen molar-refractivity contribution < 1.29 is 19.1 Å². The van der Waals surface area contributed by atoms with Crippen LogP contribution in [0.1, 0.15) is 48.0 Å². The summed E-state index contributed by atoms with van der Waals surface area (Å²) in [5.41, 5.74) is -0.963. The molecule has 1 amide bonds. The Hall–Kier alpha value is -1.65. The van der Waals surface area contributed by atoms with Crippen LogP contribution in [0.5, 0.6) is 0 Å². The average Bonchev–Trinajstić information content (AvgIpc) is 2.12. The normalized spacial score (nSPS) is 12.8. The number of allylic oxidation sites excluding steroid dienone is 1. The van der Waals surface area contributed by atoms with Crippen molar-refractivity contribution in [3.63, 3.8) is 0 Å². The Bertz CT molecular complexity index is 383. The van der Waals surface area contributed by atoms with Gasteiger partial charge in [0.05, 0.1) is 6.42 Å². The van der Waals surface area contributed by atoms with E-state index in [4.69, 9.17) is 4.74 Å². The Morgan fingerprint density at radius 1 is 1.11 bits per heavy atom. The lowest BCUT2D eigenvalue weighted by atomic mass is 9.90. The molecule has 0 aliphatic carbocycles. The fourth-order valence-corrected chi connectivity index (χ4v) is 1.17. The molecule has 19 heavy (non-hydrogen) atoms. The van der Waals surface area contributed by atoms with Gasteiger partial charge in [0.15, 0.2) is 5.78 Å². The second kappa shape index (κ2) is 6.50. The number of ether oxygens (including phenoxy) is 1. The molecule has 0 spiro atoms. The fraction of sp³-hybridized carbons (Fsp3) is 0.643. The van der Waals surface area contributed by atoms with Gasteiger partial charge >= 0.3 is 0 Å². The third kappa shape index (κ3) is 8.13. The van der Waals surface area contributed by atoms with Crippen LogP contribution in [-0.4, -0.2) is 23.7 Å². The van der Waals surface area contributed by atoms with E-state index < -0.39 is 5.41 Å². The fourth-order valence-electron chi connectivity index (χ4n) is 1.17. The second-order valence-corrected chi connectivity index (χ2v) is 6.41. The Balaban J connectivity index is 4.85. The molecule has 0 saturated heterocycles. The van der Waals surface area contributed by atoms with Gasteiger partial charge in [-0.2, -0.15) is 0 Å². The van der Waals surface area contributed by atoms with Crippen LogP contribution in [0.4, 0.5) is 0 Å². The first-order valence-electron chi connectivity index (χ1n) is 6.12. The SMILES string of the molecule is CC(C)(C)NC(=O)C/C(=C/C(=O)C(C)(C)C)OC=O. The van der Waals surface area contributed by atoms with Crippen LogP contribution in [0.3, 0.4) is 0 Å². The van der Waals surface area contributed by atoms with Gasteiger partial charge in [-0.05, 0) is 20.8 Å². The lowest BCUT2D eigenvalue weighted by Crippen LogP contribution is -2.40. The van der Waals surface area contributed by atoms with E-state index >= 15 is 0 Å². The van der Waals surface area contributed by atoms with Crippen molar-refractivity contribution in [3.05, 3.63) is 11.8 Å². The first kappa shape index (κ1) is 17.4. The highest BCUT2D eigenvalue weighted by molar-refractivity contribution is 5.95. The van der Waals surface area contributed by atoms with Crippen molar-refractivity contribution >= 4 is 18.2 Å². The van der Waals surface area contributed by atoms with Crippen LogP contribution < -0.4 is 5.32 Å². The zero-order valence-corrected chi connectivity index (χ0v) is 12.5. The van der Waals surface area contributed by atoms with Crippen molar-refractivity contribution in [3.8, 4) is 0 Å². The van der Waals surface area contributed by atoms with Crippen LogP contribution in [0, 0.1) is 5.41 Å². The van der Waals surface area contributed by atoms with Crippen LogP contribution in [-0.2, 0) is 19.1 Å². The van der Waals surface area contributed by atoms with Crippen molar-refractivity contribution in [1.29, 1.82) is 0 Å². The third-order valence-electron chi connectivity index (χ3n) is 2.08. The second-order valence-electron chi connectivity index (χ2n) is 6.41. The van der Waals surface area contributed by atoms with Gasteiger partial charge in [0.2, 0.25) is 5.91 Å². The topological polar surface area (TPSA) is 72.5 Å². The molecular formula is C14H23NO4. The van der Waals surface area contributed by atoms with Gasteiger partial charge in [0, 0.05) is 17.0 Å². The molecule has 0 bridgehead atoms. The standard InChI is InChI=1S/C14H23NO4/c1-13(2,3)11(17)7-10(19-9-16)8-12(18)15-14(4,5)6/h7,9H,8H2,1-6H3,(H,15,18)/b10-7-. The van der Waals surface area contributed by atoms with E-state index in [1.54, 1.807) is 20.8 Å². The molecule has 1 N–H and O–H groups in total. The van der Waals surface area contributed by atoms with Crippen molar-refractivity contribution in [1.82, 2.24) is 5.32 Å². The number of carbonyl (C=O) groups excluding carboxylic acids is 3. The summed E-state index contributed by atoms with van der Waals surface area (Å²) in [6.45, 7) is 11.0. The molecule has 0 atom stereocenters. The number of nitrogens with one attached hydrogen (secondary N) is 1. The average molecular weight is 269 g/mol. The largest absolute Gasteiger partial charge is 0.433 e. The van der Waals surface area contributed by atoms with E-state index in [1.165, 1.54) is 6.08 Å². The Labute approximate surface area is 114 Å². The lowest BCUT2D eigenvalue weighted by Gasteiger charge is -2.21. The van der Waals surface area contributed by atoms with E-state index in [0.29, 0.717) is 0 Å². The van der Waals surface area contributed by atoms with Crippen LogP contribution in [0.25, 0.3) is 0 Å². The molecule has 0 fully saturated rings. The lowest BCUT2D eigenvalue weighted by molar-refractivity contribution is -0.127. The summed E-state index contributed by atoms with van der Waals surface area (Å²) in [7, 11) is 0. The predicted octanol–water partition coefficient (Wildman–Crippen LogP) is 1.96. The van der Waals surface area contributed by atoms with Gasteiger partial charge in [-0.15, -0.1) is 0 Å². The number of carbonyl (C=O) groups is 3. The van der Waals surface area contributed by atoms with E-state index in [9.17, 15) is 14.4 Å². The van der Waals surface area contributed by atoms with Crippen molar-refractivity contribution in [2.24, 2.45) is 5.41 Å². The monoisotopic (exact) mass is 269 g/mol. The molecular weight excluding hydrogens is 246 g/mol. The van der Waals surface area contributed by atoms with Crippen molar-refractivity contribution in [2.75, 3.05) is 0 Å². The summed E-state index contributed by atoms with van der Waals surface area (Å²) in [5.74, 6) is -0.452. The number of rotatable bonds is 5. The molecule has 0 aromatic rings. The summed E-state index contributed by atoms with van der Waals surface area (Å²) >= 11 is 0. The minimum Gasteiger partial charge on any atom is -0.433 e. The first-order valence-corrected chi connectivity index (χ1v) is 6.12. The maximum absolute atomic E-state index is 11.8. The maximum atomic E-state index is 11.8. The zero-order valence-electron chi connectivity index (χ0n) is 12.5. The van der Waals surface area contributed by atoms with Gasteiger partial charge < -0.3 is 10.1 Å². The zero-order chi connectivity index (χ0) is 15.3. The van der Waals surface area contributed by atoms with E-state index in [2.05, 4.69) is 5.32 Å². The minimum absolute atomic E-state index is 0.0525. The number of hydrogen-bond donors (Lipinski definition) is 1. The van der Waals surface area contributed by atoms with Gasteiger partial charge in [0.25, 0.3) is 6.47 Å². The molecule has 5 nitrogen and oxygen atoms in total. The molecule has 0 heterocycles. The summed E-state index contributed by atoms with van der Waals surface area (Å²) in [6.07, 6.45) is 1.06. The minimum atomic E-state index is -0.585. The number of amides is 1.